The van der Waals surface area contributed by atoms with E-state index in [1.807, 2.05) is 24.3 Å². The first-order valence-corrected chi connectivity index (χ1v) is 6.52. The monoisotopic (exact) mass is 273 g/mol. The van der Waals surface area contributed by atoms with E-state index in [-0.39, 0.29) is 11.9 Å². The average molecular weight is 273 g/mol. The lowest BCUT2D eigenvalue weighted by atomic mass is 10.0. The third-order valence-electron chi connectivity index (χ3n) is 3.20. The molecule has 1 aromatic carbocycles. The summed E-state index contributed by atoms with van der Waals surface area (Å²) in [5, 5.41) is 13.7. The molecule has 20 heavy (non-hydrogen) atoms. The van der Waals surface area contributed by atoms with Crippen molar-refractivity contribution in [1.29, 1.82) is 0 Å². The van der Waals surface area contributed by atoms with E-state index in [0.717, 1.165) is 17.7 Å². The van der Waals surface area contributed by atoms with Crippen LogP contribution < -0.4 is 10.1 Å². The van der Waals surface area contributed by atoms with Crippen molar-refractivity contribution in [3.8, 4) is 5.75 Å². The van der Waals surface area contributed by atoms with Gasteiger partial charge in [0.15, 0.2) is 0 Å². The SMILES string of the molecule is O=C(CCn1cnnn1)N[C@H]1COc2ccccc2C1. The third kappa shape index (κ3) is 2.93. The van der Waals surface area contributed by atoms with Crippen LogP contribution in [0.2, 0.25) is 0 Å². The maximum atomic E-state index is 11.9. The van der Waals surface area contributed by atoms with E-state index in [2.05, 4.69) is 20.8 Å². The van der Waals surface area contributed by atoms with Crippen LogP contribution in [0.5, 0.6) is 5.75 Å². The molecule has 0 unspecified atom stereocenters. The van der Waals surface area contributed by atoms with E-state index in [1.165, 1.54) is 11.0 Å². The minimum absolute atomic E-state index is 0.0197. The van der Waals surface area contributed by atoms with Gasteiger partial charge in [0.25, 0.3) is 0 Å². The van der Waals surface area contributed by atoms with Gasteiger partial charge >= 0.3 is 0 Å². The number of hydrogen-bond donors (Lipinski definition) is 1. The van der Waals surface area contributed by atoms with Gasteiger partial charge in [-0.15, -0.1) is 5.10 Å². The smallest absolute Gasteiger partial charge is 0.222 e. The summed E-state index contributed by atoms with van der Waals surface area (Å²) in [5.41, 5.74) is 1.13. The van der Waals surface area contributed by atoms with Gasteiger partial charge in [-0.25, -0.2) is 4.68 Å². The lowest BCUT2D eigenvalue weighted by Crippen LogP contribution is -2.42. The van der Waals surface area contributed by atoms with Crippen molar-refractivity contribution in [2.24, 2.45) is 0 Å². The van der Waals surface area contributed by atoms with Crippen molar-refractivity contribution in [3.63, 3.8) is 0 Å². The van der Waals surface area contributed by atoms with Gasteiger partial charge < -0.3 is 10.1 Å². The lowest BCUT2D eigenvalue weighted by Gasteiger charge is -2.26. The Morgan fingerprint density at radius 3 is 3.20 bits per heavy atom. The summed E-state index contributed by atoms with van der Waals surface area (Å²) < 4.78 is 7.17. The number of tetrazole rings is 1. The molecule has 0 saturated heterocycles. The maximum Gasteiger partial charge on any atom is 0.222 e. The van der Waals surface area contributed by atoms with Crippen molar-refractivity contribution in [2.75, 3.05) is 6.61 Å². The zero-order valence-electron chi connectivity index (χ0n) is 10.9. The molecule has 1 aromatic heterocycles. The van der Waals surface area contributed by atoms with E-state index in [9.17, 15) is 4.79 Å². The summed E-state index contributed by atoms with van der Waals surface area (Å²) in [6, 6.07) is 7.92. The topological polar surface area (TPSA) is 81.9 Å². The molecule has 1 N–H and O–H groups in total. The Balaban J connectivity index is 1.50. The minimum atomic E-state index is -0.0199. The van der Waals surface area contributed by atoms with Gasteiger partial charge in [0.2, 0.25) is 5.91 Å². The molecule has 0 radical (unpaired) electrons. The normalized spacial score (nSPS) is 17.1. The summed E-state index contributed by atoms with van der Waals surface area (Å²) in [7, 11) is 0. The van der Waals surface area contributed by atoms with E-state index in [4.69, 9.17) is 4.74 Å². The molecule has 2 heterocycles. The second-order valence-electron chi connectivity index (χ2n) is 4.71. The highest BCUT2D eigenvalue weighted by atomic mass is 16.5. The number of ether oxygens (including phenoxy) is 1. The van der Waals surface area contributed by atoms with Gasteiger partial charge in [-0.2, -0.15) is 0 Å². The van der Waals surface area contributed by atoms with Crippen LogP contribution in [-0.2, 0) is 17.8 Å². The number of hydrogen-bond acceptors (Lipinski definition) is 5. The summed E-state index contributed by atoms with van der Waals surface area (Å²) in [6.45, 7) is 0.983. The first-order valence-electron chi connectivity index (χ1n) is 6.52. The van der Waals surface area contributed by atoms with Crippen LogP contribution in [0, 0.1) is 0 Å². The number of benzene rings is 1. The summed E-state index contributed by atoms with van der Waals surface area (Å²) in [6.07, 6.45) is 2.64. The van der Waals surface area contributed by atoms with Crippen LogP contribution in [0.15, 0.2) is 30.6 Å². The summed E-state index contributed by atoms with van der Waals surface area (Å²) in [4.78, 5) is 11.9. The van der Waals surface area contributed by atoms with Crippen LogP contribution in [0.25, 0.3) is 0 Å². The van der Waals surface area contributed by atoms with Crippen molar-refractivity contribution in [2.45, 2.75) is 25.4 Å². The summed E-state index contributed by atoms with van der Waals surface area (Å²) >= 11 is 0. The average Bonchev–Trinajstić information content (AvgIpc) is 2.98. The molecule has 7 heteroatoms. The van der Waals surface area contributed by atoms with E-state index in [1.54, 1.807) is 0 Å². The van der Waals surface area contributed by atoms with Gasteiger partial charge in [-0.3, -0.25) is 4.79 Å². The molecular weight excluding hydrogens is 258 g/mol. The van der Waals surface area contributed by atoms with Crippen LogP contribution in [0.1, 0.15) is 12.0 Å². The number of nitrogens with one attached hydrogen (secondary N) is 1. The number of para-hydroxylation sites is 1. The zero-order chi connectivity index (χ0) is 13.8. The molecule has 7 nitrogen and oxygen atoms in total. The quantitative estimate of drug-likeness (QED) is 0.859. The fraction of sp³-hybridized carbons (Fsp3) is 0.385. The molecule has 1 amide bonds. The molecule has 0 bridgehead atoms. The van der Waals surface area contributed by atoms with Crippen LogP contribution in [0.3, 0.4) is 0 Å². The first-order chi connectivity index (χ1) is 9.81. The second kappa shape index (κ2) is 5.68. The summed E-state index contributed by atoms with van der Waals surface area (Å²) in [5.74, 6) is 0.889. The van der Waals surface area contributed by atoms with Crippen molar-refractivity contribution in [3.05, 3.63) is 36.2 Å². The van der Waals surface area contributed by atoms with Crippen molar-refractivity contribution >= 4 is 5.91 Å². The fourth-order valence-electron chi connectivity index (χ4n) is 2.22. The molecule has 104 valence electrons. The maximum absolute atomic E-state index is 11.9. The van der Waals surface area contributed by atoms with Crippen molar-refractivity contribution in [1.82, 2.24) is 25.5 Å². The molecule has 0 aliphatic carbocycles. The minimum Gasteiger partial charge on any atom is -0.491 e. The third-order valence-corrected chi connectivity index (χ3v) is 3.20. The molecular formula is C13H15N5O2. The van der Waals surface area contributed by atoms with Gasteiger partial charge in [-0.1, -0.05) is 18.2 Å². The highest BCUT2D eigenvalue weighted by Crippen LogP contribution is 2.23. The van der Waals surface area contributed by atoms with E-state index < -0.39 is 0 Å². The van der Waals surface area contributed by atoms with Gasteiger partial charge in [0.1, 0.15) is 18.7 Å². The Hall–Kier alpha value is -2.44. The van der Waals surface area contributed by atoms with Gasteiger partial charge in [-0.05, 0) is 28.5 Å². The Morgan fingerprint density at radius 2 is 2.35 bits per heavy atom. The van der Waals surface area contributed by atoms with Crippen LogP contribution >= 0.6 is 0 Å². The Morgan fingerprint density at radius 1 is 1.45 bits per heavy atom. The zero-order valence-corrected chi connectivity index (χ0v) is 10.9. The molecule has 1 atom stereocenters. The van der Waals surface area contributed by atoms with Crippen molar-refractivity contribution < 1.29 is 9.53 Å². The van der Waals surface area contributed by atoms with Crippen LogP contribution in [0.4, 0.5) is 0 Å². The number of carbonyl (C=O) groups excluding carboxylic acids is 1. The Bertz CT molecular complexity index is 584. The Kier molecular flexibility index (Phi) is 3.58. The number of carbonyl (C=O) groups is 1. The molecule has 0 spiro atoms. The van der Waals surface area contributed by atoms with Gasteiger partial charge in [0.05, 0.1) is 12.6 Å². The molecule has 0 fully saturated rings. The number of rotatable bonds is 4. The number of nitrogens with zero attached hydrogens (tertiary/aromatic N) is 4. The van der Waals surface area contributed by atoms with Gasteiger partial charge in [0, 0.05) is 6.42 Å². The molecule has 0 saturated carbocycles. The van der Waals surface area contributed by atoms with E-state index in [0.29, 0.717) is 19.6 Å². The molecule has 3 rings (SSSR count). The van der Waals surface area contributed by atoms with Crippen LogP contribution in [-0.4, -0.2) is 38.8 Å². The largest absolute Gasteiger partial charge is 0.491 e. The number of aryl methyl sites for hydroxylation is 1. The predicted molar refractivity (Wildman–Crippen MR) is 70.0 cm³/mol. The first kappa shape index (κ1) is 12.6. The number of fused-ring (bicyclic) bond motifs is 1. The highest BCUT2D eigenvalue weighted by Gasteiger charge is 2.20. The lowest BCUT2D eigenvalue weighted by molar-refractivity contribution is -0.122. The molecule has 1 aliphatic heterocycles. The number of aromatic nitrogens is 4. The fourth-order valence-corrected chi connectivity index (χ4v) is 2.22. The Labute approximate surface area is 115 Å². The second-order valence-corrected chi connectivity index (χ2v) is 4.71. The van der Waals surface area contributed by atoms with E-state index >= 15 is 0 Å². The molecule has 2 aromatic rings. The molecule has 1 aliphatic rings. The highest BCUT2D eigenvalue weighted by molar-refractivity contribution is 5.76. The standard InChI is InChI=1S/C13H15N5O2/c19-13(5-6-18-9-14-16-17-18)15-11-7-10-3-1-2-4-12(10)20-8-11/h1-4,9,11H,5-8H2,(H,15,19)/t11-/m1/s1. The number of amides is 1. The predicted octanol–water partition coefficient (Wildman–Crippen LogP) is 0.183.